The standard InChI is InChI=1S/C11H14N2O2/c1-7-3-2-4-9(11(7)13(14)15)10-5-8(10)6-12/h2-4,8,10H,5-6,12H2,1H3. The normalized spacial score (nSPS) is 23.9. The third kappa shape index (κ3) is 1.72. The zero-order valence-corrected chi connectivity index (χ0v) is 8.64. The Kier molecular flexibility index (Phi) is 2.44. The van der Waals surface area contributed by atoms with E-state index in [9.17, 15) is 10.1 Å². The zero-order valence-electron chi connectivity index (χ0n) is 8.64. The Morgan fingerprint density at radius 1 is 1.60 bits per heavy atom. The highest BCUT2D eigenvalue weighted by atomic mass is 16.6. The predicted molar refractivity (Wildman–Crippen MR) is 57.7 cm³/mol. The van der Waals surface area contributed by atoms with E-state index in [4.69, 9.17) is 5.73 Å². The molecule has 2 unspecified atom stereocenters. The number of rotatable bonds is 3. The largest absolute Gasteiger partial charge is 0.330 e. The van der Waals surface area contributed by atoms with Gasteiger partial charge >= 0.3 is 0 Å². The third-order valence-electron chi connectivity index (χ3n) is 3.08. The summed E-state index contributed by atoms with van der Waals surface area (Å²) in [5, 5.41) is 10.9. The summed E-state index contributed by atoms with van der Waals surface area (Å²) in [6.45, 7) is 2.40. The van der Waals surface area contributed by atoms with E-state index in [-0.39, 0.29) is 10.6 Å². The first kappa shape index (κ1) is 10.1. The van der Waals surface area contributed by atoms with Crippen LogP contribution in [0.1, 0.15) is 23.5 Å². The molecule has 0 spiro atoms. The van der Waals surface area contributed by atoms with Gasteiger partial charge in [0.1, 0.15) is 0 Å². The van der Waals surface area contributed by atoms with Crippen LogP contribution in [0.2, 0.25) is 0 Å². The minimum absolute atomic E-state index is 0.276. The van der Waals surface area contributed by atoms with Gasteiger partial charge in [0, 0.05) is 11.1 Å². The molecule has 15 heavy (non-hydrogen) atoms. The summed E-state index contributed by atoms with van der Waals surface area (Å²) in [7, 11) is 0. The summed E-state index contributed by atoms with van der Waals surface area (Å²) in [6.07, 6.45) is 0.987. The number of nitrogens with zero attached hydrogens (tertiary/aromatic N) is 1. The maximum Gasteiger partial charge on any atom is 0.275 e. The number of aryl methyl sites for hydroxylation is 1. The van der Waals surface area contributed by atoms with Crippen LogP contribution in [-0.4, -0.2) is 11.5 Å². The number of hydrogen-bond donors (Lipinski definition) is 1. The molecule has 0 bridgehead atoms. The first-order valence-electron chi connectivity index (χ1n) is 5.09. The van der Waals surface area contributed by atoms with E-state index in [0.29, 0.717) is 18.4 Å². The average Bonchev–Trinajstić information content (AvgIpc) is 2.95. The van der Waals surface area contributed by atoms with Crippen molar-refractivity contribution in [3.05, 3.63) is 39.4 Å². The fraction of sp³-hybridized carbons (Fsp3) is 0.455. The average molecular weight is 206 g/mol. The van der Waals surface area contributed by atoms with E-state index in [1.807, 2.05) is 12.1 Å². The summed E-state index contributed by atoms with van der Waals surface area (Å²) in [5.41, 5.74) is 7.43. The molecule has 2 atom stereocenters. The van der Waals surface area contributed by atoms with Crippen molar-refractivity contribution in [3.63, 3.8) is 0 Å². The Labute approximate surface area is 88.2 Å². The van der Waals surface area contributed by atoms with Crippen LogP contribution in [0.4, 0.5) is 5.69 Å². The van der Waals surface area contributed by atoms with Gasteiger partial charge in [-0.2, -0.15) is 0 Å². The van der Waals surface area contributed by atoms with E-state index < -0.39 is 0 Å². The van der Waals surface area contributed by atoms with E-state index in [1.165, 1.54) is 0 Å². The number of benzene rings is 1. The molecule has 0 aliphatic heterocycles. The molecule has 0 aromatic heterocycles. The maximum absolute atomic E-state index is 10.9. The third-order valence-corrected chi connectivity index (χ3v) is 3.08. The second-order valence-electron chi connectivity index (χ2n) is 4.11. The highest BCUT2D eigenvalue weighted by Gasteiger charge is 2.41. The Hall–Kier alpha value is -1.42. The first-order chi connectivity index (χ1) is 7.15. The number of nitro benzene ring substituents is 1. The van der Waals surface area contributed by atoms with Crippen LogP contribution in [0.5, 0.6) is 0 Å². The maximum atomic E-state index is 10.9. The molecule has 1 aromatic rings. The van der Waals surface area contributed by atoms with Crippen LogP contribution >= 0.6 is 0 Å². The zero-order chi connectivity index (χ0) is 11.0. The van der Waals surface area contributed by atoms with Gasteiger partial charge in [0.25, 0.3) is 5.69 Å². The van der Waals surface area contributed by atoms with Crippen LogP contribution in [-0.2, 0) is 0 Å². The van der Waals surface area contributed by atoms with Crippen molar-refractivity contribution in [2.24, 2.45) is 11.7 Å². The Balaban J connectivity index is 2.39. The van der Waals surface area contributed by atoms with Crippen LogP contribution in [0.25, 0.3) is 0 Å². The fourth-order valence-corrected chi connectivity index (χ4v) is 2.12. The lowest BCUT2D eigenvalue weighted by Crippen LogP contribution is -2.03. The molecule has 1 saturated carbocycles. The molecule has 1 aromatic carbocycles. The number of nitro groups is 1. The van der Waals surface area contributed by atoms with Crippen LogP contribution < -0.4 is 5.73 Å². The topological polar surface area (TPSA) is 69.2 Å². The molecule has 1 aliphatic rings. The summed E-state index contributed by atoms with van der Waals surface area (Å²) < 4.78 is 0. The summed E-state index contributed by atoms with van der Waals surface area (Å²) in [6, 6.07) is 5.51. The van der Waals surface area contributed by atoms with E-state index in [1.54, 1.807) is 13.0 Å². The van der Waals surface area contributed by atoms with Gasteiger partial charge in [-0.15, -0.1) is 0 Å². The molecule has 0 radical (unpaired) electrons. The molecular weight excluding hydrogens is 192 g/mol. The van der Waals surface area contributed by atoms with Gasteiger partial charge in [0.15, 0.2) is 0 Å². The van der Waals surface area contributed by atoms with Gasteiger partial charge in [-0.25, -0.2) is 0 Å². The molecule has 0 heterocycles. The summed E-state index contributed by atoms with van der Waals surface area (Å²) in [4.78, 5) is 10.7. The first-order valence-corrected chi connectivity index (χ1v) is 5.09. The lowest BCUT2D eigenvalue weighted by molar-refractivity contribution is -0.386. The van der Waals surface area contributed by atoms with Crippen LogP contribution in [0.3, 0.4) is 0 Å². The van der Waals surface area contributed by atoms with Crippen molar-refractivity contribution in [1.82, 2.24) is 0 Å². The SMILES string of the molecule is Cc1cccc(C2CC2CN)c1[N+](=O)[O-]. The molecule has 0 saturated heterocycles. The predicted octanol–water partition coefficient (Wildman–Crippen LogP) is 1.97. The molecule has 2 N–H and O–H groups in total. The molecule has 2 rings (SSSR count). The van der Waals surface area contributed by atoms with Gasteiger partial charge in [0.2, 0.25) is 0 Å². The highest BCUT2D eigenvalue weighted by molar-refractivity contribution is 5.50. The van der Waals surface area contributed by atoms with Gasteiger partial charge in [-0.05, 0) is 31.7 Å². The van der Waals surface area contributed by atoms with Crippen molar-refractivity contribution < 1.29 is 4.92 Å². The van der Waals surface area contributed by atoms with Crippen molar-refractivity contribution >= 4 is 5.69 Å². The molecule has 1 aliphatic carbocycles. The summed E-state index contributed by atoms with van der Waals surface area (Å²) in [5.74, 6) is 0.737. The van der Waals surface area contributed by atoms with Crippen LogP contribution in [0, 0.1) is 23.0 Å². The minimum Gasteiger partial charge on any atom is -0.330 e. The van der Waals surface area contributed by atoms with E-state index >= 15 is 0 Å². The van der Waals surface area contributed by atoms with Gasteiger partial charge < -0.3 is 5.73 Å². The Bertz CT molecular complexity index is 404. The molecule has 1 fully saturated rings. The van der Waals surface area contributed by atoms with Crippen molar-refractivity contribution in [3.8, 4) is 0 Å². The quantitative estimate of drug-likeness (QED) is 0.607. The molecule has 4 nitrogen and oxygen atoms in total. The van der Waals surface area contributed by atoms with E-state index in [0.717, 1.165) is 17.5 Å². The summed E-state index contributed by atoms with van der Waals surface area (Å²) >= 11 is 0. The molecule has 80 valence electrons. The second kappa shape index (κ2) is 3.62. The monoisotopic (exact) mass is 206 g/mol. The lowest BCUT2D eigenvalue weighted by Gasteiger charge is -2.04. The number of nitrogens with two attached hydrogens (primary N) is 1. The highest BCUT2D eigenvalue weighted by Crippen LogP contribution is 2.50. The minimum atomic E-state index is -0.281. The molecule has 4 heteroatoms. The van der Waals surface area contributed by atoms with Crippen molar-refractivity contribution in [1.29, 1.82) is 0 Å². The molecular formula is C11H14N2O2. The smallest absolute Gasteiger partial charge is 0.275 e. The van der Waals surface area contributed by atoms with Crippen molar-refractivity contribution in [2.75, 3.05) is 6.54 Å². The lowest BCUT2D eigenvalue weighted by atomic mass is 10.0. The van der Waals surface area contributed by atoms with Crippen molar-refractivity contribution in [2.45, 2.75) is 19.3 Å². The van der Waals surface area contributed by atoms with Gasteiger partial charge in [-0.1, -0.05) is 18.2 Å². The Morgan fingerprint density at radius 3 is 2.87 bits per heavy atom. The van der Waals surface area contributed by atoms with Crippen LogP contribution in [0.15, 0.2) is 18.2 Å². The Morgan fingerprint density at radius 2 is 2.33 bits per heavy atom. The van der Waals surface area contributed by atoms with Gasteiger partial charge in [-0.3, -0.25) is 10.1 Å². The second-order valence-corrected chi connectivity index (χ2v) is 4.11. The van der Waals surface area contributed by atoms with Gasteiger partial charge in [0.05, 0.1) is 4.92 Å². The molecule has 0 amide bonds. The van der Waals surface area contributed by atoms with E-state index in [2.05, 4.69) is 0 Å². The number of para-hydroxylation sites is 1. The number of hydrogen-bond acceptors (Lipinski definition) is 3. The fourth-order valence-electron chi connectivity index (χ4n) is 2.12.